The zero-order valence-electron chi connectivity index (χ0n) is 12.7. The Balaban J connectivity index is 3.69. The van der Waals surface area contributed by atoms with Gasteiger partial charge in [-0.15, -0.1) is 0 Å². The Morgan fingerprint density at radius 3 is 2.52 bits per heavy atom. The van der Waals surface area contributed by atoms with Crippen molar-refractivity contribution in [2.24, 2.45) is 5.73 Å². The van der Waals surface area contributed by atoms with Gasteiger partial charge in [0.1, 0.15) is 0 Å². The number of nitrogens with one attached hydrogen (secondary N) is 1. The quantitative estimate of drug-likeness (QED) is 0.326. The lowest BCUT2D eigenvalue weighted by atomic mass is 10.1. The highest BCUT2D eigenvalue weighted by molar-refractivity contribution is 5.75. The summed E-state index contributed by atoms with van der Waals surface area (Å²) in [5.41, 5.74) is 4.83. The van der Waals surface area contributed by atoms with Gasteiger partial charge < -0.3 is 20.9 Å². The minimum atomic E-state index is -0.761. The number of carbonyl (C=O) groups excluding carboxylic acids is 2. The van der Waals surface area contributed by atoms with Gasteiger partial charge in [-0.1, -0.05) is 12.8 Å². The van der Waals surface area contributed by atoms with Crippen LogP contribution >= 0.6 is 0 Å². The summed E-state index contributed by atoms with van der Waals surface area (Å²) in [5.74, 6) is -0.131. The third kappa shape index (κ3) is 12.1. The van der Waals surface area contributed by atoms with Gasteiger partial charge in [0.25, 0.3) is 0 Å². The average Bonchev–Trinajstić information content (AvgIpc) is 2.45. The maximum absolute atomic E-state index is 11.9. The molecule has 0 heterocycles. The van der Waals surface area contributed by atoms with Crippen LogP contribution in [0.1, 0.15) is 32.1 Å². The number of ether oxygens (including phenoxy) is 1. The molecule has 0 unspecified atom stereocenters. The molecule has 124 valence electrons. The molecule has 0 saturated heterocycles. The van der Waals surface area contributed by atoms with E-state index in [9.17, 15) is 9.59 Å². The number of hydroxylamine groups is 2. The van der Waals surface area contributed by atoms with Crippen molar-refractivity contribution in [1.29, 1.82) is 0 Å². The maximum Gasteiger partial charge on any atom is 0.404 e. The molecule has 0 atom stereocenters. The van der Waals surface area contributed by atoms with Gasteiger partial charge in [0.15, 0.2) is 0 Å². The monoisotopic (exact) mass is 305 g/mol. The standard InChI is InChI=1S/C13H27N3O5/c1-15-7-11-21-16(8-9-17)12(18)6-4-2-3-5-10-20-13(14)19/h15,17H,2-11H2,1H3,(H2,14,19). The van der Waals surface area contributed by atoms with E-state index in [-0.39, 0.29) is 19.1 Å². The van der Waals surface area contributed by atoms with Crippen LogP contribution < -0.4 is 11.1 Å². The number of rotatable bonds is 13. The minimum Gasteiger partial charge on any atom is -0.450 e. The number of aliphatic hydroxyl groups is 1. The minimum absolute atomic E-state index is 0.129. The van der Waals surface area contributed by atoms with Gasteiger partial charge in [-0.05, 0) is 19.9 Å². The molecule has 21 heavy (non-hydrogen) atoms. The summed E-state index contributed by atoms with van der Waals surface area (Å²) >= 11 is 0. The van der Waals surface area contributed by atoms with Crippen LogP contribution in [0.3, 0.4) is 0 Å². The summed E-state index contributed by atoms with van der Waals surface area (Å²) in [6.07, 6.45) is 2.79. The van der Waals surface area contributed by atoms with E-state index >= 15 is 0 Å². The first-order valence-corrected chi connectivity index (χ1v) is 7.22. The van der Waals surface area contributed by atoms with E-state index in [0.717, 1.165) is 25.7 Å². The third-order valence-corrected chi connectivity index (χ3v) is 2.71. The van der Waals surface area contributed by atoms with Crippen molar-refractivity contribution in [2.45, 2.75) is 32.1 Å². The number of aliphatic hydroxyl groups excluding tert-OH is 1. The van der Waals surface area contributed by atoms with E-state index in [2.05, 4.69) is 10.1 Å². The van der Waals surface area contributed by atoms with Gasteiger partial charge >= 0.3 is 6.09 Å². The highest BCUT2D eigenvalue weighted by Crippen LogP contribution is 2.06. The maximum atomic E-state index is 11.9. The van der Waals surface area contributed by atoms with E-state index in [4.69, 9.17) is 15.7 Å². The molecule has 0 rings (SSSR count). The molecule has 0 radical (unpaired) electrons. The van der Waals surface area contributed by atoms with Crippen molar-refractivity contribution in [2.75, 3.05) is 40.0 Å². The Morgan fingerprint density at radius 1 is 1.19 bits per heavy atom. The number of likely N-dealkylation sites (N-methyl/N-ethyl adjacent to an activating group) is 1. The number of unbranched alkanes of at least 4 members (excludes halogenated alkanes) is 3. The molecule has 8 nitrogen and oxygen atoms in total. The normalized spacial score (nSPS) is 10.4. The summed E-state index contributed by atoms with van der Waals surface area (Å²) in [5, 5.41) is 13.0. The predicted molar refractivity (Wildman–Crippen MR) is 77.3 cm³/mol. The Kier molecular flexibility index (Phi) is 12.7. The fourth-order valence-corrected chi connectivity index (χ4v) is 1.64. The lowest BCUT2D eigenvalue weighted by Crippen LogP contribution is -2.35. The van der Waals surface area contributed by atoms with Gasteiger partial charge in [0, 0.05) is 13.0 Å². The van der Waals surface area contributed by atoms with Gasteiger partial charge in [-0.3, -0.25) is 9.63 Å². The second-order valence-corrected chi connectivity index (χ2v) is 4.49. The fourth-order valence-electron chi connectivity index (χ4n) is 1.64. The molecule has 8 heteroatoms. The molecule has 0 aliphatic carbocycles. The Hall–Kier alpha value is -1.38. The lowest BCUT2D eigenvalue weighted by Gasteiger charge is -2.21. The van der Waals surface area contributed by atoms with E-state index in [1.807, 2.05) is 0 Å². The van der Waals surface area contributed by atoms with Crippen LogP contribution in [0, 0.1) is 0 Å². The van der Waals surface area contributed by atoms with Gasteiger partial charge in [-0.2, -0.15) is 0 Å². The van der Waals surface area contributed by atoms with Gasteiger partial charge in [0.2, 0.25) is 5.91 Å². The SMILES string of the molecule is CNCCON(CCO)C(=O)CCCCCCOC(N)=O. The molecule has 0 aromatic rings. The molecule has 0 aliphatic rings. The van der Waals surface area contributed by atoms with Crippen LogP contribution in [0.25, 0.3) is 0 Å². The van der Waals surface area contributed by atoms with Crippen molar-refractivity contribution in [3.05, 3.63) is 0 Å². The van der Waals surface area contributed by atoms with Crippen molar-refractivity contribution >= 4 is 12.0 Å². The number of carbonyl (C=O) groups is 2. The lowest BCUT2D eigenvalue weighted by molar-refractivity contribution is -0.188. The van der Waals surface area contributed by atoms with Crippen LogP contribution in [-0.4, -0.2) is 62.1 Å². The summed E-state index contributed by atoms with van der Waals surface area (Å²) in [6.45, 7) is 1.37. The smallest absolute Gasteiger partial charge is 0.404 e. The van der Waals surface area contributed by atoms with Crippen molar-refractivity contribution in [3.8, 4) is 0 Å². The number of nitrogens with zero attached hydrogens (tertiary/aromatic N) is 1. The molecule has 0 bridgehead atoms. The Morgan fingerprint density at radius 2 is 1.90 bits per heavy atom. The summed E-state index contributed by atoms with van der Waals surface area (Å²) < 4.78 is 4.60. The van der Waals surface area contributed by atoms with Crippen molar-refractivity contribution in [1.82, 2.24) is 10.4 Å². The summed E-state index contributed by atoms with van der Waals surface area (Å²) in [4.78, 5) is 27.5. The second kappa shape index (κ2) is 13.6. The van der Waals surface area contributed by atoms with Crippen LogP contribution in [-0.2, 0) is 14.4 Å². The largest absolute Gasteiger partial charge is 0.450 e. The van der Waals surface area contributed by atoms with Crippen LogP contribution in [0.5, 0.6) is 0 Å². The first-order chi connectivity index (χ1) is 10.1. The van der Waals surface area contributed by atoms with Crippen LogP contribution in [0.4, 0.5) is 4.79 Å². The van der Waals surface area contributed by atoms with Crippen LogP contribution in [0.2, 0.25) is 0 Å². The van der Waals surface area contributed by atoms with Gasteiger partial charge in [0.05, 0.1) is 26.4 Å². The number of primary amides is 1. The van der Waals surface area contributed by atoms with Gasteiger partial charge in [-0.25, -0.2) is 9.86 Å². The first kappa shape index (κ1) is 19.6. The molecule has 0 spiro atoms. The fraction of sp³-hybridized carbons (Fsp3) is 0.846. The van der Waals surface area contributed by atoms with E-state index in [0.29, 0.717) is 26.2 Å². The van der Waals surface area contributed by atoms with E-state index in [1.165, 1.54) is 5.06 Å². The molecule has 0 aromatic carbocycles. The van der Waals surface area contributed by atoms with Crippen molar-refractivity contribution < 1.29 is 24.3 Å². The van der Waals surface area contributed by atoms with E-state index < -0.39 is 6.09 Å². The number of nitrogens with two attached hydrogens (primary N) is 1. The highest BCUT2D eigenvalue weighted by atomic mass is 16.7. The topological polar surface area (TPSA) is 114 Å². The number of hydrogen-bond donors (Lipinski definition) is 3. The Bertz CT molecular complexity index is 289. The van der Waals surface area contributed by atoms with Crippen LogP contribution in [0.15, 0.2) is 0 Å². The third-order valence-electron chi connectivity index (χ3n) is 2.71. The number of hydrogen-bond acceptors (Lipinski definition) is 6. The molecule has 2 amide bonds. The zero-order valence-corrected chi connectivity index (χ0v) is 12.7. The molecule has 0 fully saturated rings. The summed E-state index contributed by atoms with van der Waals surface area (Å²) in [7, 11) is 1.80. The highest BCUT2D eigenvalue weighted by Gasteiger charge is 2.13. The molecular weight excluding hydrogens is 278 g/mol. The second-order valence-electron chi connectivity index (χ2n) is 4.49. The summed E-state index contributed by atoms with van der Waals surface area (Å²) in [6, 6.07) is 0. The van der Waals surface area contributed by atoms with Crippen molar-refractivity contribution in [3.63, 3.8) is 0 Å². The molecular formula is C13H27N3O5. The molecule has 4 N–H and O–H groups in total. The average molecular weight is 305 g/mol. The predicted octanol–water partition coefficient (Wildman–Crippen LogP) is 0.00410. The molecule has 0 aromatic heterocycles. The molecule has 0 aliphatic heterocycles. The number of amides is 2. The van der Waals surface area contributed by atoms with E-state index in [1.54, 1.807) is 7.05 Å². The zero-order chi connectivity index (χ0) is 15.9. The molecule has 0 saturated carbocycles. The first-order valence-electron chi connectivity index (χ1n) is 7.22. The Labute approximate surface area is 125 Å².